The van der Waals surface area contributed by atoms with Crippen molar-refractivity contribution in [2.45, 2.75) is 79.8 Å². The molecule has 0 aromatic carbocycles. The van der Waals surface area contributed by atoms with Crippen LogP contribution < -0.4 is 10.2 Å². The fourth-order valence-corrected chi connectivity index (χ4v) is 7.46. The Morgan fingerprint density at radius 3 is 2.56 bits per heavy atom. The molecule has 32 heavy (non-hydrogen) atoms. The Hall–Kier alpha value is -1.77. The molecule has 2 bridgehead atoms. The lowest BCUT2D eigenvalue weighted by molar-refractivity contribution is 0.144. The molecule has 6 rings (SSSR count). The standard InChI is InChI=1S/C23H28ClN5O2S/c24-15-11-25-22(26-12-15)14-8-16-2-3-17(9-14)29(16)20-10-19(28-23(13-30)5-1-6-23)21-18(27-20)4-7-32(21)31/h10-12,14,16-17,30H,1-9,13H2,(H,27,28)/t14?,16?,17?,32-/m0/s1. The molecule has 5 heterocycles. The van der Waals surface area contributed by atoms with E-state index in [1.165, 1.54) is 0 Å². The van der Waals surface area contributed by atoms with Gasteiger partial charge in [0.25, 0.3) is 0 Å². The Kier molecular flexibility index (Phi) is 5.15. The minimum atomic E-state index is -1.02. The smallest absolute Gasteiger partial charge is 0.131 e. The molecule has 1 aliphatic carbocycles. The lowest BCUT2D eigenvalue weighted by Crippen LogP contribution is -2.48. The highest BCUT2D eigenvalue weighted by Crippen LogP contribution is 2.46. The number of halogens is 1. The zero-order chi connectivity index (χ0) is 21.9. The molecule has 0 radical (unpaired) electrons. The number of piperidine rings is 1. The van der Waals surface area contributed by atoms with Crippen LogP contribution in [-0.4, -0.2) is 54.2 Å². The van der Waals surface area contributed by atoms with Gasteiger partial charge in [-0.15, -0.1) is 0 Å². The Balaban J connectivity index is 1.31. The molecule has 170 valence electrons. The van der Waals surface area contributed by atoms with Crippen molar-refractivity contribution in [3.63, 3.8) is 0 Å². The van der Waals surface area contributed by atoms with Gasteiger partial charge in [0.05, 0.1) is 44.2 Å². The maximum atomic E-state index is 12.8. The molecule has 3 atom stereocenters. The van der Waals surface area contributed by atoms with Gasteiger partial charge in [0.15, 0.2) is 0 Å². The highest BCUT2D eigenvalue weighted by Gasteiger charge is 2.44. The largest absolute Gasteiger partial charge is 0.394 e. The second-order valence-corrected chi connectivity index (χ2v) is 11.7. The third-order valence-electron chi connectivity index (χ3n) is 7.80. The van der Waals surface area contributed by atoms with Crippen LogP contribution in [0.3, 0.4) is 0 Å². The molecule has 2 unspecified atom stereocenters. The molecule has 3 aliphatic heterocycles. The summed E-state index contributed by atoms with van der Waals surface area (Å²) in [6.45, 7) is 0.101. The van der Waals surface area contributed by atoms with Gasteiger partial charge in [-0.2, -0.15) is 0 Å². The summed E-state index contributed by atoms with van der Waals surface area (Å²) in [6, 6.07) is 2.90. The van der Waals surface area contributed by atoms with E-state index in [0.29, 0.717) is 28.8 Å². The quantitative estimate of drug-likeness (QED) is 0.687. The summed E-state index contributed by atoms with van der Waals surface area (Å²) in [7, 11) is -1.02. The number of aromatic nitrogens is 3. The van der Waals surface area contributed by atoms with Gasteiger partial charge in [-0.3, -0.25) is 4.21 Å². The van der Waals surface area contributed by atoms with E-state index in [1.54, 1.807) is 12.4 Å². The highest BCUT2D eigenvalue weighted by molar-refractivity contribution is 7.85. The number of hydrogen-bond donors (Lipinski definition) is 2. The van der Waals surface area contributed by atoms with Crippen LogP contribution in [0.15, 0.2) is 23.4 Å². The first kappa shape index (κ1) is 20.8. The van der Waals surface area contributed by atoms with Crippen molar-refractivity contribution < 1.29 is 9.32 Å². The topological polar surface area (TPSA) is 91.2 Å². The van der Waals surface area contributed by atoms with Crippen molar-refractivity contribution in [3.8, 4) is 0 Å². The summed E-state index contributed by atoms with van der Waals surface area (Å²) in [6.07, 6.45) is 11.4. The third kappa shape index (κ3) is 3.42. The number of nitrogens with one attached hydrogen (secondary N) is 1. The Bertz CT molecular complexity index is 1040. The number of aryl methyl sites for hydroxylation is 1. The van der Waals surface area contributed by atoms with Gasteiger partial charge < -0.3 is 15.3 Å². The second-order valence-electron chi connectivity index (χ2n) is 9.74. The Morgan fingerprint density at radius 2 is 1.94 bits per heavy atom. The van der Waals surface area contributed by atoms with Crippen molar-refractivity contribution in [3.05, 3.63) is 35.0 Å². The monoisotopic (exact) mass is 473 g/mol. The van der Waals surface area contributed by atoms with E-state index in [4.69, 9.17) is 16.6 Å². The van der Waals surface area contributed by atoms with Gasteiger partial charge in [-0.1, -0.05) is 11.6 Å². The van der Waals surface area contributed by atoms with E-state index in [0.717, 1.165) is 79.3 Å². The van der Waals surface area contributed by atoms with E-state index in [1.807, 2.05) is 0 Å². The fraction of sp³-hybridized carbons (Fsp3) is 0.609. The number of nitrogens with zero attached hydrogens (tertiary/aromatic N) is 4. The SMILES string of the molecule is O=[S@]1CCc2nc(N3C4CCC3CC(c3ncc(Cl)cn3)C4)cc(NC3(CO)CCC3)c21. The van der Waals surface area contributed by atoms with Crippen LogP contribution in [0.5, 0.6) is 0 Å². The second kappa shape index (κ2) is 7.92. The predicted octanol–water partition coefficient (Wildman–Crippen LogP) is 3.43. The molecule has 3 fully saturated rings. The van der Waals surface area contributed by atoms with Crippen molar-refractivity contribution in [1.29, 1.82) is 0 Å². The van der Waals surface area contributed by atoms with E-state index in [-0.39, 0.29) is 12.1 Å². The lowest BCUT2D eigenvalue weighted by Gasteiger charge is -2.43. The number of rotatable bonds is 5. The molecule has 2 aromatic rings. The van der Waals surface area contributed by atoms with Gasteiger partial charge >= 0.3 is 0 Å². The molecule has 0 spiro atoms. The molecule has 2 aromatic heterocycles. The summed E-state index contributed by atoms with van der Waals surface area (Å²) in [5, 5.41) is 14.2. The van der Waals surface area contributed by atoms with Crippen LogP contribution in [-0.2, 0) is 17.2 Å². The van der Waals surface area contributed by atoms with E-state index in [9.17, 15) is 9.32 Å². The predicted molar refractivity (Wildman–Crippen MR) is 125 cm³/mol. The van der Waals surface area contributed by atoms with Crippen molar-refractivity contribution in [2.24, 2.45) is 0 Å². The average Bonchev–Trinajstić information content (AvgIpc) is 3.27. The summed E-state index contributed by atoms with van der Waals surface area (Å²) in [5.74, 6) is 2.85. The molecular formula is C23H28ClN5O2S. The minimum Gasteiger partial charge on any atom is -0.394 e. The summed E-state index contributed by atoms with van der Waals surface area (Å²) in [4.78, 5) is 17.3. The first-order valence-corrected chi connectivity index (χ1v) is 13.3. The van der Waals surface area contributed by atoms with Gasteiger partial charge in [0.1, 0.15) is 11.6 Å². The highest BCUT2D eigenvalue weighted by atomic mass is 35.5. The summed E-state index contributed by atoms with van der Waals surface area (Å²) in [5.41, 5.74) is 1.59. The Morgan fingerprint density at radius 1 is 1.22 bits per heavy atom. The van der Waals surface area contributed by atoms with Crippen LogP contribution in [0.25, 0.3) is 0 Å². The molecule has 7 nitrogen and oxygen atoms in total. The van der Waals surface area contributed by atoms with Crippen LogP contribution in [0.2, 0.25) is 5.02 Å². The van der Waals surface area contributed by atoms with E-state index < -0.39 is 10.8 Å². The number of pyridine rings is 1. The van der Waals surface area contributed by atoms with Crippen molar-refractivity contribution >= 4 is 33.9 Å². The van der Waals surface area contributed by atoms with E-state index >= 15 is 0 Å². The zero-order valence-corrected chi connectivity index (χ0v) is 19.5. The number of fused-ring (bicyclic) bond motifs is 3. The molecule has 4 aliphatic rings. The number of hydrogen-bond acceptors (Lipinski definition) is 7. The van der Waals surface area contributed by atoms with Gasteiger partial charge in [-0.05, 0) is 44.9 Å². The van der Waals surface area contributed by atoms with E-state index in [2.05, 4.69) is 26.3 Å². The fourth-order valence-electron chi connectivity index (χ4n) is 6.02. The Labute approximate surface area is 195 Å². The minimum absolute atomic E-state index is 0.101. The first-order valence-electron chi connectivity index (χ1n) is 11.6. The average molecular weight is 474 g/mol. The maximum absolute atomic E-state index is 12.8. The third-order valence-corrected chi connectivity index (χ3v) is 9.48. The van der Waals surface area contributed by atoms with Crippen LogP contribution in [0.1, 0.15) is 62.4 Å². The summed E-state index contributed by atoms with van der Waals surface area (Å²) < 4.78 is 12.8. The van der Waals surface area contributed by atoms with Gasteiger partial charge in [0.2, 0.25) is 0 Å². The van der Waals surface area contributed by atoms with Gasteiger partial charge in [0, 0.05) is 48.6 Å². The van der Waals surface area contributed by atoms with Crippen LogP contribution >= 0.6 is 11.6 Å². The van der Waals surface area contributed by atoms with Crippen LogP contribution in [0, 0.1) is 0 Å². The number of aliphatic hydroxyl groups excluding tert-OH is 1. The molecular weight excluding hydrogens is 446 g/mol. The molecule has 2 saturated heterocycles. The lowest BCUT2D eigenvalue weighted by atomic mass is 9.77. The molecule has 0 amide bonds. The molecule has 2 N–H and O–H groups in total. The van der Waals surface area contributed by atoms with Crippen LogP contribution in [0.4, 0.5) is 11.5 Å². The maximum Gasteiger partial charge on any atom is 0.131 e. The van der Waals surface area contributed by atoms with Crippen molar-refractivity contribution in [2.75, 3.05) is 22.6 Å². The summed E-state index contributed by atoms with van der Waals surface area (Å²) >= 11 is 5.98. The molecule has 1 saturated carbocycles. The first-order chi connectivity index (χ1) is 15.5. The normalized spacial score (nSPS) is 30.1. The van der Waals surface area contributed by atoms with Gasteiger partial charge in [-0.25, -0.2) is 15.0 Å². The van der Waals surface area contributed by atoms with Crippen molar-refractivity contribution in [1.82, 2.24) is 15.0 Å². The number of aliphatic hydroxyl groups is 1. The number of anilines is 2. The zero-order valence-electron chi connectivity index (χ0n) is 18.0. The molecule has 9 heteroatoms.